The van der Waals surface area contributed by atoms with Gasteiger partial charge in [-0.25, -0.2) is 4.79 Å². The third-order valence-electron chi connectivity index (χ3n) is 3.45. The van der Waals surface area contributed by atoms with E-state index in [9.17, 15) is 4.79 Å². The van der Waals surface area contributed by atoms with Crippen LogP contribution in [0.3, 0.4) is 0 Å². The molecule has 110 valence electrons. The highest BCUT2D eigenvalue weighted by atomic mass is 16.5. The SMILES string of the molecule is CC(N)c1cccc(NC(=O)NCCC2CCCO2)c1. The lowest BCUT2D eigenvalue weighted by Crippen LogP contribution is -2.31. The van der Waals surface area contributed by atoms with Crippen molar-refractivity contribution in [2.24, 2.45) is 5.73 Å². The Morgan fingerprint density at radius 1 is 1.55 bits per heavy atom. The molecule has 1 heterocycles. The highest BCUT2D eigenvalue weighted by Gasteiger charge is 2.15. The minimum atomic E-state index is -0.190. The van der Waals surface area contributed by atoms with Crippen molar-refractivity contribution in [3.63, 3.8) is 0 Å². The summed E-state index contributed by atoms with van der Waals surface area (Å²) in [5.41, 5.74) is 7.58. The maximum absolute atomic E-state index is 11.8. The predicted octanol–water partition coefficient (Wildman–Crippen LogP) is 2.40. The maximum atomic E-state index is 11.8. The Kier molecular flexibility index (Phi) is 5.38. The van der Waals surface area contributed by atoms with E-state index in [2.05, 4.69) is 10.6 Å². The molecule has 1 aromatic rings. The largest absolute Gasteiger partial charge is 0.378 e. The second-order valence-electron chi connectivity index (χ2n) is 5.22. The molecule has 1 aromatic carbocycles. The minimum Gasteiger partial charge on any atom is -0.378 e. The number of hydrogen-bond acceptors (Lipinski definition) is 3. The van der Waals surface area contributed by atoms with Gasteiger partial charge in [0.05, 0.1) is 6.10 Å². The first kappa shape index (κ1) is 14.8. The summed E-state index contributed by atoms with van der Waals surface area (Å²) in [4.78, 5) is 11.8. The Balaban J connectivity index is 1.74. The van der Waals surface area contributed by atoms with Gasteiger partial charge >= 0.3 is 6.03 Å². The molecule has 20 heavy (non-hydrogen) atoms. The molecule has 0 aromatic heterocycles. The van der Waals surface area contributed by atoms with Crippen molar-refractivity contribution in [1.82, 2.24) is 5.32 Å². The first-order valence-electron chi connectivity index (χ1n) is 7.17. The van der Waals surface area contributed by atoms with Crippen LogP contribution in [0.15, 0.2) is 24.3 Å². The molecular weight excluding hydrogens is 254 g/mol. The van der Waals surface area contributed by atoms with Crippen LogP contribution in [-0.2, 0) is 4.74 Å². The number of nitrogens with two attached hydrogens (primary N) is 1. The summed E-state index contributed by atoms with van der Waals surface area (Å²) in [6.45, 7) is 3.39. The van der Waals surface area contributed by atoms with Gasteiger partial charge in [-0.2, -0.15) is 0 Å². The zero-order valence-electron chi connectivity index (χ0n) is 11.9. The van der Waals surface area contributed by atoms with Crippen molar-refractivity contribution in [2.45, 2.75) is 38.3 Å². The van der Waals surface area contributed by atoms with Gasteiger partial charge in [-0.05, 0) is 43.9 Å². The van der Waals surface area contributed by atoms with Crippen LogP contribution >= 0.6 is 0 Å². The summed E-state index contributed by atoms with van der Waals surface area (Å²) in [6.07, 6.45) is 3.39. The Morgan fingerprint density at radius 3 is 3.10 bits per heavy atom. The smallest absolute Gasteiger partial charge is 0.319 e. The van der Waals surface area contributed by atoms with E-state index in [0.717, 1.165) is 37.1 Å². The van der Waals surface area contributed by atoms with E-state index in [-0.39, 0.29) is 12.1 Å². The number of ether oxygens (including phenoxy) is 1. The van der Waals surface area contributed by atoms with E-state index in [1.165, 1.54) is 0 Å². The van der Waals surface area contributed by atoms with Gasteiger partial charge in [0, 0.05) is 24.9 Å². The fourth-order valence-electron chi connectivity index (χ4n) is 2.29. The zero-order valence-corrected chi connectivity index (χ0v) is 11.9. The molecule has 2 rings (SSSR count). The first-order chi connectivity index (χ1) is 9.65. The van der Waals surface area contributed by atoms with Crippen LogP contribution < -0.4 is 16.4 Å². The van der Waals surface area contributed by atoms with Crippen LogP contribution in [0.4, 0.5) is 10.5 Å². The summed E-state index contributed by atoms with van der Waals surface area (Å²) in [6, 6.07) is 7.35. The quantitative estimate of drug-likeness (QED) is 0.773. The summed E-state index contributed by atoms with van der Waals surface area (Å²) >= 11 is 0. The summed E-state index contributed by atoms with van der Waals surface area (Å²) in [5.74, 6) is 0. The lowest BCUT2D eigenvalue weighted by Gasteiger charge is -2.12. The average Bonchev–Trinajstić information content (AvgIpc) is 2.92. The topological polar surface area (TPSA) is 76.4 Å². The highest BCUT2D eigenvalue weighted by Crippen LogP contribution is 2.16. The molecule has 4 N–H and O–H groups in total. The molecule has 2 unspecified atom stereocenters. The number of carbonyl (C=O) groups excluding carboxylic acids is 1. The van der Waals surface area contributed by atoms with Gasteiger partial charge in [0.15, 0.2) is 0 Å². The molecule has 2 amide bonds. The fourth-order valence-corrected chi connectivity index (χ4v) is 2.29. The molecule has 0 radical (unpaired) electrons. The Morgan fingerprint density at radius 2 is 2.40 bits per heavy atom. The average molecular weight is 277 g/mol. The van der Waals surface area contributed by atoms with E-state index >= 15 is 0 Å². The number of urea groups is 1. The monoisotopic (exact) mass is 277 g/mol. The van der Waals surface area contributed by atoms with Crippen LogP contribution in [0.25, 0.3) is 0 Å². The van der Waals surface area contributed by atoms with Gasteiger partial charge in [0.25, 0.3) is 0 Å². The molecule has 0 aliphatic carbocycles. The third kappa shape index (κ3) is 4.51. The molecule has 5 heteroatoms. The van der Waals surface area contributed by atoms with Gasteiger partial charge in [0.1, 0.15) is 0 Å². The van der Waals surface area contributed by atoms with E-state index in [1.54, 1.807) is 0 Å². The van der Waals surface area contributed by atoms with E-state index < -0.39 is 0 Å². The Hall–Kier alpha value is -1.59. The van der Waals surface area contributed by atoms with Gasteiger partial charge in [-0.1, -0.05) is 12.1 Å². The van der Waals surface area contributed by atoms with Crippen LogP contribution in [0.1, 0.15) is 37.8 Å². The summed E-state index contributed by atoms with van der Waals surface area (Å²) in [5, 5.41) is 5.66. The van der Waals surface area contributed by atoms with Gasteiger partial charge < -0.3 is 21.1 Å². The highest BCUT2D eigenvalue weighted by molar-refractivity contribution is 5.89. The number of anilines is 1. The maximum Gasteiger partial charge on any atom is 0.319 e. The molecule has 0 saturated carbocycles. The van der Waals surface area contributed by atoms with Crippen molar-refractivity contribution in [2.75, 3.05) is 18.5 Å². The number of rotatable bonds is 5. The minimum absolute atomic E-state index is 0.0423. The lowest BCUT2D eigenvalue weighted by molar-refractivity contribution is 0.105. The van der Waals surface area contributed by atoms with Crippen LogP contribution in [0.5, 0.6) is 0 Å². The number of nitrogens with one attached hydrogen (secondary N) is 2. The molecule has 2 atom stereocenters. The molecular formula is C15H23N3O2. The molecule has 1 aliphatic rings. The standard InChI is InChI=1S/C15H23N3O2/c1-11(16)12-4-2-5-13(10-12)18-15(19)17-8-7-14-6-3-9-20-14/h2,4-5,10-11,14H,3,6-9,16H2,1H3,(H2,17,18,19). The zero-order chi connectivity index (χ0) is 14.4. The second kappa shape index (κ2) is 7.26. The third-order valence-corrected chi connectivity index (χ3v) is 3.45. The van der Waals surface area contributed by atoms with E-state index in [0.29, 0.717) is 12.6 Å². The van der Waals surface area contributed by atoms with Crippen molar-refractivity contribution in [1.29, 1.82) is 0 Å². The number of benzene rings is 1. The van der Waals surface area contributed by atoms with Crippen molar-refractivity contribution >= 4 is 11.7 Å². The number of amides is 2. The predicted molar refractivity (Wildman–Crippen MR) is 79.7 cm³/mol. The molecule has 1 saturated heterocycles. The fraction of sp³-hybridized carbons (Fsp3) is 0.533. The first-order valence-corrected chi connectivity index (χ1v) is 7.17. The molecule has 0 bridgehead atoms. The molecule has 5 nitrogen and oxygen atoms in total. The molecule has 0 spiro atoms. The van der Waals surface area contributed by atoms with E-state index in [1.807, 2.05) is 31.2 Å². The number of carbonyl (C=O) groups is 1. The van der Waals surface area contributed by atoms with Crippen molar-refractivity contribution in [3.8, 4) is 0 Å². The van der Waals surface area contributed by atoms with Gasteiger partial charge in [-0.3, -0.25) is 0 Å². The normalized spacial score (nSPS) is 19.6. The van der Waals surface area contributed by atoms with Crippen LogP contribution in [0.2, 0.25) is 0 Å². The summed E-state index contributed by atoms with van der Waals surface area (Å²) in [7, 11) is 0. The summed E-state index contributed by atoms with van der Waals surface area (Å²) < 4.78 is 5.51. The lowest BCUT2D eigenvalue weighted by atomic mass is 10.1. The Labute approximate surface area is 119 Å². The second-order valence-corrected chi connectivity index (χ2v) is 5.22. The van der Waals surface area contributed by atoms with Crippen LogP contribution in [-0.4, -0.2) is 25.3 Å². The van der Waals surface area contributed by atoms with Gasteiger partial charge in [0.2, 0.25) is 0 Å². The van der Waals surface area contributed by atoms with Crippen molar-refractivity contribution in [3.05, 3.63) is 29.8 Å². The van der Waals surface area contributed by atoms with Gasteiger partial charge in [-0.15, -0.1) is 0 Å². The Bertz CT molecular complexity index is 442. The van der Waals surface area contributed by atoms with Crippen molar-refractivity contribution < 1.29 is 9.53 Å². The molecule has 1 aliphatic heterocycles. The van der Waals surface area contributed by atoms with Crippen LogP contribution in [0, 0.1) is 0 Å². The molecule has 1 fully saturated rings. The number of hydrogen-bond donors (Lipinski definition) is 3. The van der Waals surface area contributed by atoms with E-state index in [4.69, 9.17) is 10.5 Å².